The van der Waals surface area contributed by atoms with Crippen LogP contribution in [0.2, 0.25) is 6.04 Å². The van der Waals surface area contributed by atoms with Crippen LogP contribution in [-0.2, 0) is 22.8 Å². The van der Waals surface area contributed by atoms with Gasteiger partial charge in [0.2, 0.25) is 0 Å². The van der Waals surface area contributed by atoms with E-state index in [9.17, 15) is 0 Å². The summed E-state index contributed by atoms with van der Waals surface area (Å²) in [5.41, 5.74) is 0. The summed E-state index contributed by atoms with van der Waals surface area (Å²) in [5, 5.41) is 0. The van der Waals surface area contributed by atoms with E-state index in [0.717, 1.165) is 45.1 Å². The summed E-state index contributed by atoms with van der Waals surface area (Å²) >= 11 is 0. The number of nitrogens with zero attached hydrogens (tertiary/aromatic N) is 1. The molecule has 6 nitrogen and oxygen atoms in total. The summed E-state index contributed by atoms with van der Waals surface area (Å²) in [6.07, 6.45) is 2.23. The van der Waals surface area contributed by atoms with E-state index in [0.29, 0.717) is 6.61 Å². The Morgan fingerprint density at radius 2 is 1.95 bits per heavy atom. The minimum absolute atomic E-state index is 0.0168. The van der Waals surface area contributed by atoms with Crippen LogP contribution >= 0.6 is 0 Å². The van der Waals surface area contributed by atoms with Gasteiger partial charge in [-0.2, -0.15) is 0 Å². The van der Waals surface area contributed by atoms with Crippen LogP contribution in [0.25, 0.3) is 0 Å². The zero-order valence-electron chi connectivity index (χ0n) is 14.8. The molecule has 1 aliphatic heterocycles. The van der Waals surface area contributed by atoms with Crippen molar-refractivity contribution in [3.8, 4) is 0 Å². The van der Waals surface area contributed by atoms with Crippen molar-refractivity contribution in [2.45, 2.75) is 44.9 Å². The monoisotopic (exact) mass is 335 g/mol. The number of ether oxygens (including phenoxy) is 2. The molecule has 0 amide bonds. The van der Waals surface area contributed by atoms with Crippen LogP contribution in [0.15, 0.2) is 0 Å². The predicted octanol–water partition coefficient (Wildman–Crippen LogP) is 1.77. The number of rotatable bonds is 9. The Labute approximate surface area is 136 Å². The fraction of sp³-hybridized carbons (Fsp3) is 1.00. The maximum absolute atomic E-state index is 6.26. The van der Waals surface area contributed by atoms with Crippen molar-refractivity contribution in [1.29, 1.82) is 0 Å². The van der Waals surface area contributed by atoms with Crippen molar-refractivity contribution in [2.24, 2.45) is 0 Å². The van der Waals surface area contributed by atoms with Gasteiger partial charge in [-0.25, -0.2) is 0 Å². The summed E-state index contributed by atoms with van der Waals surface area (Å²) in [5.74, 6) is 0. The lowest BCUT2D eigenvalue weighted by Crippen LogP contribution is -2.53. The van der Waals surface area contributed by atoms with Crippen molar-refractivity contribution in [3.05, 3.63) is 0 Å². The van der Waals surface area contributed by atoms with Crippen LogP contribution in [0, 0.1) is 0 Å². The molecule has 1 unspecified atom stereocenters. The van der Waals surface area contributed by atoms with Gasteiger partial charge in [0.05, 0.1) is 18.8 Å². The molecule has 0 saturated carbocycles. The number of hydrogen-bond donors (Lipinski definition) is 0. The normalized spacial score (nSPS) is 23.5. The SMILES string of the molecule is COCCCN1CCC[Si](OC)(OC)OC(COC(C)C)C1. The second-order valence-corrected chi connectivity index (χ2v) is 8.88. The number of methoxy groups -OCH3 is 1. The van der Waals surface area contributed by atoms with Gasteiger partial charge in [-0.1, -0.05) is 0 Å². The summed E-state index contributed by atoms with van der Waals surface area (Å²) in [6.45, 7) is 8.33. The first-order chi connectivity index (χ1) is 10.5. The first-order valence-corrected chi connectivity index (χ1v) is 10.1. The number of hydrogen-bond acceptors (Lipinski definition) is 6. The van der Waals surface area contributed by atoms with Gasteiger partial charge in [0.1, 0.15) is 0 Å². The molecule has 1 rings (SSSR count). The van der Waals surface area contributed by atoms with Crippen LogP contribution in [0.1, 0.15) is 26.7 Å². The first-order valence-electron chi connectivity index (χ1n) is 8.16. The summed E-state index contributed by atoms with van der Waals surface area (Å²) in [7, 11) is 2.57. The fourth-order valence-corrected chi connectivity index (χ4v) is 4.78. The van der Waals surface area contributed by atoms with E-state index < -0.39 is 8.80 Å². The second kappa shape index (κ2) is 10.7. The smallest absolute Gasteiger partial charge is 0.385 e. The van der Waals surface area contributed by atoms with Gasteiger partial charge < -0.3 is 27.7 Å². The van der Waals surface area contributed by atoms with Gasteiger partial charge in [-0.15, -0.1) is 0 Å². The van der Waals surface area contributed by atoms with Gasteiger partial charge in [0.25, 0.3) is 0 Å². The topological polar surface area (TPSA) is 49.4 Å². The third-order valence-corrected chi connectivity index (χ3v) is 6.73. The Morgan fingerprint density at radius 1 is 1.23 bits per heavy atom. The lowest BCUT2D eigenvalue weighted by atomic mass is 10.3. The van der Waals surface area contributed by atoms with Crippen LogP contribution in [-0.4, -0.2) is 80.1 Å². The van der Waals surface area contributed by atoms with Crippen molar-refractivity contribution in [1.82, 2.24) is 4.90 Å². The molecule has 0 N–H and O–H groups in total. The highest BCUT2D eigenvalue weighted by Gasteiger charge is 2.42. The Bertz CT molecular complexity index is 289. The molecule has 0 bridgehead atoms. The second-order valence-electron chi connectivity index (χ2n) is 5.96. The van der Waals surface area contributed by atoms with Crippen LogP contribution in [0.3, 0.4) is 0 Å². The fourth-order valence-electron chi connectivity index (χ4n) is 2.65. The molecule has 1 fully saturated rings. The Hall–Kier alpha value is -0.0231. The lowest BCUT2D eigenvalue weighted by Gasteiger charge is -2.37. The maximum Gasteiger partial charge on any atom is 0.500 e. The third kappa shape index (κ3) is 7.04. The molecule has 1 aliphatic rings. The van der Waals surface area contributed by atoms with E-state index in [1.807, 2.05) is 13.8 Å². The van der Waals surface area contributed by atoms with Gasteiger partial charge >= 0.3 is 8.80 Å². The molecule has 1 saturated heterocycles. The van der Waals surface area contributed by atoms with Gasteiger partial charge in [0.15, 0.2) is 0 Å². The van der Waals surface area contributed by atoms with Crippen molar-refractivity contribution >= 4 is 8.80 Å². The van der Waals surface area contributed by atoms with Crippen molar-refractivity contribution in [3.63, 3.8) is 0 Å². The molecule has 0 radical (unpaired) electrons. The molecule has 1 atom stereocenters. The van der Waals surface area contributed by atoms with E-state index >= 15 is 0 Å². The highest BCUT2D eigenvalue weighted by atomic mass is 28.4. The quantitative estimate of drug-likeness (QED) is 0.473. The molecule has 0 aromatic carbocycles. The summed E-state index contributed by atoms with van der Waals surface area (Å²) in [4.78, 5) is 2.43. The molecule has 7 heteroatoms. The molecule has 22 heavy (non-hydrogen) atoms. The van der Waals surface area contributed by atoms with Crippen LogP contribution in [0.4, 0.5) is 0 Å². The summed E-state index contributed by atoms with van der Waals surface area (Å²) < 4.78 is 28.4. The Morgan fingerprint density at radius 3 is 2.55 bits per heavy atom. The van der Waals surface area contributed by atoms with Gasteiger partial charge in [-0.3, -0.25) is 0 Å². The maximum atomic E-state index is 6.26. The largest absolute Gasteiger partial charge is 0.500 e. The predicted molar refractivity (Wildman–Crippen MR) is 88.1 cm³/mol. The molecule has 0 aromatic heterocycles. The zero-order valence-corrected chi connectivity index (χ0v) is 15.8. The Balaban J connectivity index is 2.64. The molecule has 0 aliphatic carbocycles. The Kier molecular flexibility index (Phi) is 9.73. The lowest BCUT2D eigenvalue weighted by molar-refractivity contribution is -0.0372. The standard InChI is InChI=1S/C15H33NO5Si/c1-14(2)20-13-15-12-16(8-6-10-17-3)9-7-11-22(18-4,19-5)21-15/h14-15H,6-13H2,1-5H3. The average molecular weight is 336 g/mol. The van der Waals surface area contributed by atoms with Crippen molar-refractivity contribution < 1.29 is 22.8 Å². The molecule has 0 aromatic rings. The molecular formula is C15H33NO5Si. The van der Waals surface area contributed by atoms with Gasteiger partial charge in [-0.05, 0) is 33.2 Å². The van der Waals surface area contributed by atoms with Crippen LogP contribution in [0.5, 0.6) is 0 Å². The first kappa shape index (κ1) is 20.0. The van der Waals surface area contributed by atoms with E-state index in [1.165, 1.54) is 0 Å². The highest BCUT2D eigenvalue weighted by Crippen LogP contribution is 2.22. The average Bonchev–Trinajstić information content (AvgIpc) is 2.48. The molecule has 0 spiro atoms. The molecule has 132 valence electrons. The van der Waals surface area contributed by atoms with E-state index in [-0.39, 0.29) is 12.2 Å². The van der Waals surface area contributed by atoms with E-state index in [1.54, 1.807) is 21.3 Å². The van der Waals surface area contributed by atoms with Gasteiger partial charge in [0, 0.05) is 47.1 Å². The summed E-state index contributed by atoms with van der Waals surface area (Å²) in [6, 6.07) is 0.846. The zero-order chi connectivity index (χ0) is 16.4. The minimum atomic E-state index is -2.55. The molecule has 1 heterocycles. The third-order valence-electron chi connectivity index (χ3n) is 3.83. The van der Waals surface area contributed by atoms with E-state index in [4.69, 9.17) is 22.8 Å². The minimum Gasteiger partial charge on any atom is -0.385 e. The van der Waals surface area contributed by atoms with E-state index in [2.05, 4.69) is 4.90 Å². The molecular weight excluding hydrogens is 302 g/mol. The van der Waals surface area contributed by atoms with Crippen molar-refractivity contribution in [2.75, 3.05) is 54.2 Å². The van der Waals surface area contributed by atoms with Crippen LogP contribution < -0.4 is 0 Å². The highest BCUT2D eigenvalue weighted by molar-refractivity contribution is 6.60.